The zero-order valence-electron chi connectivity index (χ0n) is 11.2. The molecule has 96 valence electrons. The largest absolute Gasteiger partial charge is 0.458 e. The Labute approximate surface area is 99.5 Å². The molecule has 0 atom stereocenters. The summed E-state index contributed by atoms with van der Waals surface area (Å²) in [6, 6.07) is 0. The summed E-state index contributed by atoms with van der Waals surface area (Å²) in [6.45, 7) is 8.49. The number of esters is 1. The van der Waals surface area contributed by atoms with Gasteiger partial charge < -0.3 is 9.47 Å². The Kier molecular flexibility index (Phi) is 8.26. The molecule has 0 amide bonds. The van der Waals surface area contributed by atoms with E-state index in [0.29, 0.717) is 6.61 Å². The monoisotopic (exact) mass is 230 g/mol. The minimum Gasteiger partial charge on any atom is -0.458 e. The zero-order valence-corrected chi connectivity index (χ0v) is 11.2. The van der Waals surface area contributed by atoms with Crippen LogP contribution in [0, 0.1) is 0 Å². The van der Waals surface area contributed by atoms with Crippen molar-refractivity contribution < 1.29 is 14.3 Å². The van der Waals surface area contributed by atoms with Crippen LogP contribution in [0.25, 0.3) is 0 Å². The zero-order chi connectivity index (χ0) is 12.4. The van der Waals surface area contributed by atoms with Gasteiger partial charge in [-0.15, -0.1) is 0 Å². The molecule has 0 heterocycles. The number of unbranched alkanes of at least 4 members (excludes halogenated alkanes) is 4. The van der Waals surface area contributed by atoms with Crippen molar-refractivity contribution in [3.63, 3.8) is 0 Å². The van der Waals surface area contributed by atoms with Crippen molar-refractivity contribution in [3.8, 4) is 0 Å². The molecule has 3 heteroatoms. The van der Waals surface area contributed by atoms with E-state index in [1.165, 1.54) is 25.7 Å². The van der Waals surface area contributed by atoms with E-state index in [-0.39, 0.29) is 12.6 Å². The molecular formula is C13H26O3. The summed E-state index contributed by atoms with van der Waals surface area (Å²) in [4.78, 5) is 11.2. The van der Waals surface area contributed by atoms with E-state index in [9.17, 15) is 4.79 Å². The SMILES string of the molecule is CCCCCCCOCC(=O)OC(C)(C)C. The van der Waals surface area contributed by atoms with Crippen molar-refractivity contribution in [2.24, 2.45) is 0 Å². The highest BCUT2D eigenvalue weighted by Gasteiger charge is 2.15. The van der Waals surface area contributed by atoms with Crippen LogP contribution < -0.4 is 0 Å². The first-order chi connectivity index (χ1) is 7.45. The summed E-state index contributed by atoms with van der Waals surface area (Å²) >= 11 is 0. The highest BCUT2D eigenvalue weighted by molar-refractivity contribution is 5.71. The molecule has 0 unspecified atom stereocenters. The second kappa shape index (κ2) is 8.57. The van der Waals surface area contributed by atoms with E-state index in [1.807, 2.05) is 20.8 Å². The molecule has 0 aliphatic rings. The Morgan fingerprint density at radius 2 is 1.69 bits per heavy atom. The van der Waals surface area contributed by atoms with Gasteiger partial charge in [0, 0.05) is 6.61 Å². The summed E-state index contributed by atoms with van der Waals surface area (Å²) in [7, 11) is 0. The highest BCUT2D eigenvalue weighted by atomic mass is 16.6. The van der Waals surface area contributed by atoms with Gasteiger partial charge in [0.2, 0.25) is 0 Å². The second-order valence-electron chi connectivity index (χ2n) is 5.05. The summed E-state index contributed by atoms with van der Waals surface area (Å²) < 4.78 is 10.4. The van der Waals surface area contributed by atoms with Crippen LogP contribution in [0.5, 0.6) is 0 Å². The number of hydrogen-bond donors (Lipinski definition) is 0. The summed E-state index contributed by atoms with van der Waals surface area (Å²) in [5, 5.41) is 0. The molecule has 0 aliphatic heterocycles. The van der Waals surface area contributed by atoms with Gasteiger partial charge in [-0.2, -0.15) is 0 Å². The normalized spacial score (nSPS) is 11.5. The maximum absolute atomic E-state index is 11.2. The van der Waals surface area contributed by atoms with Crippen LogP contribution in [0.15, 0.2) is 0 Å². The number of rotatable bonds is 8. The second-order valence-corrected chi connectivity index (χ2v) is 5.05. The van der Waals surface area contributed by atoms with Crippen molar-refractivity contribution in [1.29, 1.82) is 0 Å². The van der Waals surface area contributed by atoms with Crippen molar-refractivity contribution in [2.75, 3.05) is 13.2 Å². The molecule has 0 saturated heterocycles. The Hall–Kier alpha value is -0.570. The Bertz CT molecular complexity index is 182. The summed E-state index contributed by atoms with van der Waals surface area (Å²) in [5.74, 6) is -0.277. The van der Waals surface area contributed by atoms with Crippen LogP contribution in [-0.2, 0) is 14.3 Å². The molecule has 0 radical (unpaired) electrons. The molecule has 0 aromatic carbocycles. The average Bonchev–Trinajstić information content (AvgIpc) is 2.13. The molecule has 0 bridgehead atoms. The molecule has 0 rings (SSSR count). The van der Waals surface area contributed by atoms with Crippen LogP contribution in [0.1, 0.15) is 59.8 Å². The lowest BCUT2D eigenvalue weighted by Gasteiger charge is -2.19. The molecule has 0 N–H and O–H groups in total. The van der Waals surface area contributed by atoms with Crippen LogP contribution in [0.4, 0.5) is 0 Å². The molecular weight excluding hydrogens is 204 g/mol. The van der Waals surface area contributed by atoms with Crippen LogP contribution >= 0.6 is 0 Å². The highest BCUT2D eigenvalue weighted by Crippen LogP contribution is 2.07. The molecule has 0 saturated carbocycles. The first kappa shape index (κ1) is 15.4. The van der Waals surface area contributed by atoms with Crippen LogP contribution in [0.2, 0.25) is 0 Å². The van der Waals surface area contributed by atoms with Gasteiger partial charge in [0.1, 0.15) is 12.2 Å². The quantitative estimate of drug-likeness (QED) is 0.474. The van der Waals surface area contributed by atoms with E-state index >= 15 is 0 Å². The lowest BCUT2D eigenvalue weighted by molar-refractivity contribution is -0.160. The summed E-state index contributed by atoms with van der Waals surface area (Å²) in [6.07, 6.45) is 6.00. The lowest BCUT2D eigenvalue weighted by Crippen LogP contribution is -2.26. The molecule has 0 aromatic heterocycles. The van der Waals surface area contributed by atoms with E-state index in [1.54, 1.807) is 0 Å². The minimum absolute atomic E-state index is 0.0745. The minimum atomic E-state index is -0.415. The third-order valence-corrected chi connectivity index (χ3v) is 2.03. The third kappa shape index (κ3) is 11.5. The van der Waals surface area contributed by atoms with Crippen molar-refractivity contribution in [3.05, 3.63) is 0 Å². The van der Waals surface area contributed by atoms with E-state index < -0.39 is 5.60 Å². The fourth-order valence-corrected chi connectivity index (χ4v) is 1.33. The van der Waals surface area contributed by atoms with E-state index in [4.69, 9.17) is 9.47 Å². The Balaban J connectivity index is 3.28. The van der Waals surface area contributed by atoms with Crippen LogP contribution in [0.3, 0.4) is 0 Å². The smallest absolute Gasteiger partial charge is 0.332 e. The molecule has 0 spiro atoms. The summed E-state index contributed by atoms with van der Waals surface area (Å²) in [5.41, 5.74) is -0.415. The van der Waals surface area contributed by atoms with Crippen molar-refractivity contribution >= 4 is 5.97 Å². The third-order valence-electron chi connectivity index (χ3n) is 2.03. The van der Waals surface area contributed by atoms with E-state index in [0.717, 1.165) is 6.42 Å². The first-order valence-electron chi connectivity index (χ1n) is 6.25. The van der Waals surface area contributed by atoms with Gasteiger partial charge in [-0.3, -0.25) is 0 Å². The van der Waals surface area contributed by atoms with Gasteiger partial charge in [0.25, 0.3) is 0 Å². The van der Waals surface area contributed by atoms with Crippen molar-refractivity contribution in [1.82, 2.24) is 0 Å². The fraction of sp³-hybridized carbons (Fsp3) is 0.923. The van der Waals surface area contributed by atoms with Gasteiger partial charge >= 0.3 is 5.97 Å². The average molecular weight is 230 g/mol. The van der Waals surface area contributed by atoms with Crippen molar-refractivity contribution in [2.45, 2.75) is 65.4 Å². The first-order valence-corrected chi connectivity index (χ1v) is 6.25. The number of carbonyl (C=O) groups excluding carboxylic acids is 1. The van der Waals surface area contributed by atoms with E-state index in [2.05, 4.69) is 6.92 Å². The van der Waals surface area contributed by atoms with Gasteiger partial charge in [-0.1, -0.05) is 32.6 Å². The molecule has 0 aromatic rings. The number of ether oxygens (including phenoxy) is 2. The van der Waals surface area contributed by atoms with Gasteiger partial charge in [-0.25, -0.2) is 4.79 Å². The topological polar surface area (TPSA) is 35.5 Å². The standard InChI is InChI=1S/C13H26O3/c1-5-6-7-8-9-10-15-11-12(14)16-13(2,3)4/h5-11H2,1-4H3. The Morgan fingerprint density at radius 3 is 2.25 bits per heavy atom. The van der Waals surface area contributed by atoms with Crippen LogP contribution in [-0.4, -0.2) is 24.8 Å². The van der Waals surface area contributed by atoms with Gasteiger partial charge in [-0.05, 0) is 27.2 Å². The number of carbonyl (C=O) groups is 1. The molecule has 16 heavy (non-hydrogen) atoms. The predicted molar refractivity (Wildman–Crippen MR) is 65.4 cm³/mol. The molecule has 0 aliphatic carbocycles. The maximum atomic E-state index is 11.2. The maximum Gasteiger partial charge on any atom is 0.332 e. The predicted octanol–water partition coefficient (Wildman–Crippen LogP) is 3.32. The van der Waals surface area contributed by atoms with Gasteiger partial charge in [0.15, 0.2) is 0 Å². The van der Waals surface area contributed by atoms with Gasteiger partial charge in [0.05, 0.1) is 0 Å². The lowest BCUT2D eigenvalue weighted by atomic mass is 10.2. The number of hydrogen-bond acceptors (Lipinski definition) is 3. The Morgan fingerprint density at radius 1 is 1.06 bits per heavy atom. The molecule has 0 fully saturated rings. The fourth-order valence-electron chi connectivity index (χ4n) is 1.33. The molecule has 3 nitrogen and oxygen atoms in total.